The molecule has 0 saturated carbocycles. The van der Waals surface area contributed by atoms with Gasteiger partial charge >= 0.3 is 5.91 Å². The van der Waals surface area contributed by atoms with Gasteiger partial charge in [0.15, 0.2) is 22.3 Å². The number of nitrogens with zero attached hydrogens (tertiary/aromatic N) is 6. The van der Waals surface area contributed by atoms with Crippen molar-refractivity contribution in [2.75, 3.05) is 44.2 Å². The number of oxime groups is 1. The van der Waals surface area contributed by atoms with Gasteiger partial charge in [0.2, 0.25) is 6.10 Å². The number of phenols is 2. The lowest BCUT2D eigenvalue weighted by Crippen LogP contribution is -2.72. The Balaban J connectivity index is 1.18. The fraction of sp³-hybridized carbons (Fsp3) is 0.433. The summed E-state index contributed by atoms with van der Waals surface area (Å²) in [4.78, 5) is 87.0. The summed E-state index contributed by atoms with van der Waals surface area (Å²) >= 11 is 14.5. The average Bonchev–Trinajstić information content (AvgIpc) is 3.25. The molecule has 5 aliphatic heterocycles. The predicted molar refractivity (Wildman–Crippen MR) is 185 cm³/mol. The van der Waals surface area contributed by atoms with Gasteiger partial charge < -0.3 is 45.4 Å². The first-order valence-electron chi connectivity index (χ1n) is 15.7. The number of β-lactam (4-membered cyclic amide) rings is 1. The minimum atomic E-state index is -1.55. The molecule has 0 aliphatic carbocycles. The number of hydrogen-bond acceptors (Lipinski definition) is 15. The number of quaternary nitrogens is 1. The zero-order chi connectivity index (χ0) is 37.6. The Labute approximate surface area is 312 Å². The molecule has 1 aromatic carbocycles. The van der Waals surface area contributed by atoms with Crippen molar-refractivity contribution in [1.29, 1.82) is 0 Å². The number of benzene rings is 1. The molecule has 0 spiro atoms. The van der Waals surface area contributed by atoms with Crippen molar-refractivity contribution in [3.8, 4) is 11.5 Å². The fourth-order valence-electron chi connectivity index (χ4n) is 6.83. The van der Waals surface area contributed by atoms with E-state index >= 15 is 0 Å². The van der Waals surface area contributed by atoms with Gasteiger partial charge in [0.25, 0.3) is 17.7 Å². The van der Waals surface area contributed by atoms with E-state index in [0.29, 0.717) is 49.1 Å². The van der Waals surface area contributed by atoms with Crippen LogP contribution in [0.4, 0.5) is 5.13 Å². The van der Waals surface area contributed by atoms with Crippen LogP contribution in [0.2, 0.25) is 9.36 Å². The van der Waals surface area contributed by atoms with Crippen LogP contribution >= 0.6 is 46.3 Å². The van der Waals surface area contributed by atoms with Crippen LogP contribution in [0.3, 0.4) is 0 Å². The monoisotopic (exact) mass is 796 g/mol. The van der Waals surface area contributed by atoms with E-state index in [-0.39, 0.29) is 49.8 Å². The maximum Gasteiger partial charge on any atom is 0.329 e. The molecule has 0 unspecified atom stereocenters. The number of piperidine rings is 1. The zero-order valence-electron chi connectivity index (χ0n) is 27.1. The topological polar surface area (TPSA) is 257 Å². The Kier molecular flexibility index (Phi) is 10.4. The Morgan fingerprint density at radius 2 is 1.92 bits per heavy atom. The first-order valence-corrected chi connectivity index (χ1v) is 18.4. The van der Waals surface area contributed by atoms with Crippen LogP contribution in [0.1, 0.15) is 35.8 Å². The minimum Gasteiger partial charge on any atom is -0.543 e. The maximum atomic E-state index is 13.5. The van der Waals surface area contributed by atoms with Crippen LogP contribution in [0, 0.1) is 4.91 Å². The number of halogens is 2. The summed E-state index contributed by atoms with van der Waals surface area (Å²) in [6, 6.07) is 1.24. The van der Waals surface area contributed by atoms with Crippen LogP contribution in [-0.2, 0) is 24.0 Å². The minimum absolute atomic E-state index is 0.0226. The molecule has 22 heteroatoms. The molecule has 7 rings (SSSR count). The highest BCUT2D eigenvalue weighted by Gasteiger charge is 2.54. The lowest BCUT2D eigenvalue weighted by Gasteiger charge is -2.51. The summed E-state index contributed by atoms with van der Waals surface area (Å²) in [7, 11) is 0. The van der Waals surface area contributed by atoms with Crippen molar-refractivity contribution in [3.63, 3.8) is 0 Å². The second-order valence-electron chi connectivity index (χ2n) is 12.6. The second-order valence-corrected chi connectivity index (χ2v) is 15.7. The second kappa shape index (κ2) is 14.5. The van der Waals surface area contributed by atoms with Gasteiger partial charge in [-0.2, -0.15) is 0 Å². The van der Waals surface area contributed by atoms with Gasteiger partial charge in [-0.05, 0) is 19.1 Å². The van der Waals surface area contributed by atoms with Crippen LogP contribution in [0.5, 0.6) is 11.5 Å². The normalized spacial score (nSPS) is 24.8. The molecular weight excluding hydrogens is 767 g/mol. The lowest BCUT2D eigenvalue weighted by atomic mass is 9.99. The Morgan fingerprint density at radius 3 is 2.56 bits per heavy atom. The van der Waals surface area contributed by atoms with Gasteiger partial charge in [-0.15, -0.1) is 16.7 Å². The molecule has 4 saturated heterocycles. The molecule has 3 atom stereocenters. The summed E-state index contributed by atoms with van der Waals surface area (Å²) in [6.07, 6.45) is -0.222. The number of aliphatic carboxylic acids is 1. The zero-order valence-corrected chi connectivity index (χ0v) is 30.3. The molecule has 6 heterocycles. The van der Waals surface area contributed by atoms with Gasteiger partial charge in [0, 0.05) is 35.4 Å². The number of carboxylic acid groups (broad SMARTS) is 1. The van der Waals surface area contributed by atoms with E-state index in [4.69, 9.17) is 33.8 Å². The quantitative estimate of drug-likeness (QED) is 0.0634. The first-order chi connectivity index (χ1) is 24.7. The van der Waals surface area contributed by atoms with Crippen molar-refractivity contribution >= 4 is 86.7 Å². The van der Waals surface area contributed by atoms with Gasteiger partial charge in [-0.25, -0.2) is 4.98 Å². The first kappa shape index (κ1) is 37.3. The van der Waals surface area contributed by atoms with E-state index in [0.717, 1.165) is 16.2 Å². The molecule has 5 aliphatic rings. The number of nitrogen functional groups attached to an aromatic ring is 1. The molecule has 5 N–H and O–H groups in total. The number of aromatic nitrogens is 1. The molecule has 2 aromatic rings. The SMILES string of the molecule is C[C@H](O/N=C(\C(=O)N[C@@H]1C(=O)N2C(C(=O)[O-])=C(C[N+]34CCC(CC3)N(C(=O)c3ccc(O)c(O)c3Cl)CC4)CS[C@H]12)c1nc(N)sc1Cl)C(=O)N=O. The number of fused-ring (bicyclic) bond motifs is 5. The summed E-state index contributed by atoms with van der Waals surface area (Å²) < 4.78 is 0.413. The molecule has 1 aromatic heterocycles. The van der Waals surface area contributed by atoms with Crippen molar-refractivity contribution < 1.29 is 48.6 Å². The molecular formula is C30H30Cl2N8O10S2. The van der Waals surface area contributed by atoms with Gasteiger partial charge in [0.1, 0.15) is 28.0 Å². The van der Waals surface area contributed by atoms with Gasteiger partial charge in [0.05, 0.1) is 48.4 Å². The van der Waals surface area contributed by atoms with E-state index in [1.54, 1.807) is 4.90 Å². The van der Waals surface area contributed by atoms with Crippen LogP contribution < -0.4 is 16.2 Å². The number of nitrogens with two attached hydrogens (primary N) is 1. The Bertz CT molecular complexity index is 1950. The highest BCUT2D eigenvalue weighted by atomic mass is 35.5. The molecule has 52 heavy (non-hydrogen) atoms. The summed E-state index contributed by atoms with van der Waals surface area (Å²) in [5.41, 5.74) is 5.22. The van der Waals surface area contributed by atoms with E-state index in [1.165, 1.54) is 30.8 Å². The van der Waals surface area contributed by atoms with E-state index in [9.17, 15) is 44.2 Å². The molecule has 276 valence electrons. The van der Waals surface area contributed by atoms with Gasteiger partial charge in [-0.3, -0.25) is 24.1 Å². The maximum absolute atomic E-state index is 13.5. The molecule has 2 bridgehead atoms. The van der Waals surface area contributed by atoms with E-state index in [1.807, 2.05) is 0 Å². The van der Waals surface area contributed by atoms with Crippen LogP contribution in [0.25, 0.3) is 0 Å². The Morgan fingerprint density at radius 1 is 1.21 bits per heavy atom. The highest BCUT2D eigenvalue weighted by Crippen LogP contribution is 2.42. The molecule has 18 nitrogen and oxygen atoms in total. The fourth-order valence-corrected chi connectivity index (χ4v) is 9.34. The predicted octanol–water partition coefficient (Wildman–Crippen LogP) is 0.385. The van der Waals surface area contributed by atoms with E-state index in [2.05, 4.69) is 20.6 Å². The number of hydrogen-bond donors (Lipinski definition) is 4. The third kappa shape index (κ3) is 6.75. The number of nitroso groups, excluding NO2 is 1. The molecule has 4 fully saturated rings. The van der Waals surface area contributed by atoms with Gasteiger partial charge in [-0.1, -0.05) is 39.7 Å². The smallest absolute Gasteiger partial charge is 0.329 e. The number of phenolic OH excluding ortho intramolecular Hbond substituents is 2. The van der Waals surface area contributed by atoms with Crippen LogP contribution in [0.15, 0.2) is 33.7 Å². The van der Waals surface area contributed by atoms with Crippen molar-refractivity contribution in [1.82, 2.24) is 20.1 Å². The molecule has 4 amide bonds. The van der Waals surface area contributed by atoms with Crippen LogP contribution in [-0.4, -0.2) is 127 Å². The number of anilines is 1. The summed E-state index contributed by atoms with van der Waals surface area (Å²) in [5, 5.41) is 39.8. The number of carbonyl (C=O) groups excluding carboxylic acids is 5. The number of aromatic hydroxyl groups is 2. The summed E-state index contributed by atoms with van der Waals surface area (Å²) in [6.45, 7) is 3.52. The third-order valence-corrected chi connectivity index (χ3v) is 12.4. The number of rotatable bonds is 10. The lowest BCUT2D eigenvalue weighted by molar-refractivity contribution is -0.924. The van der Waals surface area contributed by atoms with Crippen molar-refractivity contribution in [2.24, 2.45) is 10.3 Å². The van der Waals surface area contributed by atoms with Crippen molar-refractivity contribution in [3.05, 3.63) is 48.9 Å². The largest absolute Gasteiger partial charge is 0.543 e. The Hall–Kier alpha value is -4.50. The highest BCUT2D eigenvalue weighted by molar-refractivity contribution is 8.00. The van der Waals surface area contributed by atoms with Crippen molar-refractivity contribution in [2.45, 2.75) is 43.3 Å². The number of amides is 4. The number of carbonyl (C=O) groups is 5. The number of carboxylic acids is 1. The number of thioether (sulfide) groups is 1. The third-order valence-electron chi connectivity index (χ3n) is 9.55. The number of thiazole rings is 1. The molecule has 0 radical (unpaired) electrons. The van der Waals surface area contributed by atoms with E-state index < -0.39 is 64.3 Å². The summed E-state index contributed by atoms with van der Waals surface area (Å²) in [5.74, 6) is -5.68. The standard InChI is InChI=1S/C30H30Cl2N8O10S2/c1-12(24(43)36-49)50-37-19(18-23(32)52-30(33)35-18)25(44)34-20-27(46)39-21(29(47)48)13(11-51-28(20)39)10-40-7-4-14(5-8-40)38(6-9-40)26(45)15-2-3-16(41)22(42)17(15)31/h2-3,12,14,20,28H,4-11H2,1H3,(H5-,33,34,35,36,37,41,42,43,44,45,47,48,49)/t12-,14?,20+,28+,40?/m0/s1. The number of nitrogens with one attached hydrogen (secondary N) is 1. The average molecular weight is 798 g/mol.